The monoisotopic (exact) mass is 963 g/mol. The van der Waals surface area contributed by atoms with Crippen LogP contribution in [0.15, 0.2) is 108 Å². The van der Waals surface area contributed by atoms with Crippen LogP contribution in [-0.4, -0.2) is 18.0 Å². The molecule has 7 aromatic rings. The van der Waals surface area contributed by atoms with E-state index in [9.17, 15) is 0 Å². The van der Waals surface area contributed by atoms with Gasteiger partial charge in [-0.15, -0.1) is 59.2 Å². The molecule has 2 fully saturated rings. The number of aromatic nitrogens is 2. The molecule has 0 atom stereocenters. The summed E-state index contributed by atoms with van der Waals surface area (Å²) in [5.74, 6) is 1.29. The fourth-order valence-electron chi connectivity index (χ4n) is 9.41. The molecule has 0 aliphatic heterocycles. The van der Waals surface area contributed by atoms with Gasteiger partial charge in [-0.05, 0) is 88.0 Å². The van der Waals surface area contributed by atoms with Crippen LogP contribution in [0, 0.1) is 36.7 Å². The first-order valence-electron chi connectivity index (χ1n) is 21.0. The van der Waals surface area contributed by atoms with Crippen molar-refractivity contribution in [3.05, 3.63) is 138 Å². The summed E-state index contributed by atoms with van der Waals surface area (Å²) in [5, 5.41) is 2.80. The van der Waals surface area contributed by atoms with Crippen molar-refractivity contribution >= 4 is 35.2 Å². The van der Waals surface area contributed by atoms with E-state index in [-0.39, 0.29) is 31.3 Å². The quantitative estimate of drug-likeness (QED) is 0.113. The number of rotatable bonds is 8. The first-order chi connectivity index (χ1) is 27.5. The number of furan rings is 1. The van der Waals surface area contributed by atoms with Crippen LogP contribution in [0.4, 0.5) is 4.39 Å². The van der Waals surface area contributed by atoms with Gasteiger partial charge in [-0.3, -0.25) is 0 Å². The summed E-state index contributed by atoms with van der Waals surface area (Å²) in [6.45, 7) is 14.1. The molecule has 2 saturated carbocycles. The molecule has 1 radical (unpaired) electrons. The Balaban J connectivity index is 0.000000187. The maximum atomic E-state index is 15.3. The molecule has 3 nitrogen and oxygen atoms in total. The molecular weight excluding hydrogens is 908 g/mol. The molecule has 0 amide bonds. The van der Waals surface area contributed by atoms with Crippen LogP contribution in [0.5, 0.6) is 0 Å². The van der Waals surface area contributed by atoms with Crippen LogP contribution in [0.25, 0.3) is 55.6 Å². The van der Waals surface area contributed by atoms with Gasteiger partial charge in [0.2, 0.25) is 0 Å². The van der Waals surface area contributed by atoms with Gasteiger partial charge in [0.25, 0.3) is 0 Å². The normalized spacial score (nSPS) is 15.1. The van der Waals surface area contributed by atoms with Crippen LogP contribution < -0.4 is 5.19 Å². The molecule has 3 aromatic heterocycles. The molecule has 0 N–H and O–H groups in total. The van der Waals surface area contributed by atoms with Gasteiger partial charge in [-0.2, -0.15) is 0 Å². The fraction of sp³-hybridized carbons (Fsp3) is 0.346. The third-order valence-corrected chi connectivity index (χ3v) is 14.9. The van der Waals surface area contributed by atoms with Crippen molar-refractivity contribution in [1.82, 2.24) is 9.97 Å². The van der Waals surface area contributed by atoms with Crippen molar-refractivity contribution < 1.29 is 28.9 Å². The Morgan fingerprint density at radius 1 is 0.793 bits per heavy atom. The van der Waals surface area contributed by atoms with E-state index in [4.69, 9.17) is 9.40 Å². The zero-order valence-corrected chi connectivity index (χ0v) is 38.2. The first kappa shape index (κ1) is 41.9. The Bertz CT molecular complexity index is 2510. The van der Waals surface area contributed by atoms with E-state index in [0.29, 0.717) is 22.5 Å². The minimum absolute atomic E-state index is 0. The summed E-state index contributed by atoms with van der Waals surface area (Å²) in [6.07, 6.45) is 16.1. The second-order valence-corrected chi connectivity index (χ2v) is 23.2. The molecular formula is C52H55FIrN2OSi-2. The molecule has 0 saturated heterocycles. The Morgan fingerprint density at radius 3 is 2.26 bits per heavy atom. The molecule has 3 heterocycles. The molecule has 0 bridgehead atoms. The molecule has 0 unspecified atom stereocenters. The standard InChI is InChI=1S/C31H27FNO.C21H28NSi.Ir/c1-31(2,23-10-6-7-11-23)24-14-15-33-27(19-24)21-12-13-28-25(16-21)30-26(32)17-22(18-29(30)34-28)20-8-4-3-5-9-20;1-16-9-5-8-12-19(16)20-14-18(13-17-10-6-7-11-17)21(15-22-20)23(2,3)4;/h3-5,8-9,13-19,23H,6-7,10-11H2,1-2H3;5,8-9,14-15,17H,6-7,10-11,13H2,1-4H3;/q2*-1;. The summed E-state index contributed by atoms with van der Waals surface area (Å²) in [6, 6.07) is 36.7. The predicted molar refractivity (Wildman–Crippen MR) is 238 cm³/mol. The third kappa shape index (κ3) is 8.86. The number of nitrogens with zero attached hydrogens (tertiary/aromatic N) is 2. The average molecular weight is 963 g/mol. The Morgan fingerprint density at radius 2 is 1.53 bits per heavy atom. The summed E-state index contributed by atoms with van der Waals surface area (Å²) in [7, 11) is -1.36. The fourth-order valence-corrected chi connectivity index (χ4v) is 11.0. The van der Waals surface area contributed by atoms with E-state index >= 15 is 4.39 Å². The topological polar surface area (TPSA) is 38.9 Å². The minimum atomic E-state index is -1.36. The summed E-state index contributed by atoms with van der Waals surface area (Å²) >= 11 is 0. The largest absolute Gasteiger partial charge is 0.500 e. The molecule has 9 rings (SSSR count). The van der Waals surface area contributed by atoms with Gasteiger partial charge in [0, 0.05) is 37.9 Å². The van der Waals surface area contributed by atoms with Gasteiger partial charge in [0.1, 0.15) is 11.4 Å². The molecule has 58 heavy (non-hydrogen) atoms. The first-order valence-corrected chi connectivity index (χ1v) is 24.5. The van der Waals surface area contributed by atoms with Crippen LogP contribution in [0.1, 0.15) is 81.9 Å². The predicted octanol–water partition coefficient (Wildman–Crippen LogP) is 13.9. The van der Waals surface area contributed by atoms with Crippen LogP contribution >= 0.6 is 0 Å². The van der Waals surface area contributed by atoms with Gasteiger partial charge in [0.05, 0.1) is 13.7 Å². The van der Waals surface area contributed by atoms with Gasteiger partial charge in [-0.25, -0.2) is 4.39 Å². The van der Waals surface area contributed by atoms with E-state index in [1.165, 1.54) is 68.9 Å². The number of halogens is 1. The van der Waals surface area contributed by atoms with E-state index in [2.05, 4.69) is 94.1 Å². The van der Waals surface area contributed by atoms with Crippen molar-refractivity contribution in [3.8, 4) is 33.6 Å². The second kappa shape index (κ2) is 17.6. The van der Waals surface area contributed by atoms with E-state index in [1.54, 1.807) is 16.8 Å². The third-order valence-electron chi connectivity index (χ3n) is 12.8. The van der Waals surface area contributed by atoms with Crippen molar-refractivity contribution in [2.75, 3.05) is 0 Å². The van der Waals surface area contributed by atoms with Crippen molar-refractivity contribution in [2.45, 2.75) is 104 Å². The van der Waals surface area contributed by atoms with Gasteiger partial charge >= 0.3 is 0 Å². The van der Waals surface area contributed by atoms with E-state index < -0.39 is 8.07 Å². The van der Waals surface area contributed by atoms with Crippen LogP contribution in [0.2, 0.25) is 19.6 Å². The van der Waals surface area contributed by atoms with E-state index in [1.807, 2.05) is 60.8 Å². The molecule has 2 aliphatic rings. The average Bonchev–Trinajstić information content (AvgIpc) is 4.01. The Kier molecular flexibility index (Phi) is 12.7. The van der Waals surface area contributed by atoms with Crippen LogP contribution in [-0.2, 0) is 31.9 Å². The zero-order valence-electron chi connectivity index (χ0n) is 34.8. The number of hydrogen-bond acceptors (Lipinski definition) is 3. The van der Waals surface area contributed by atoms with Gasteiger partial charge in [-0.1, -0.05) is 132 Å². The maximum Gasteiger partial charge on any atom is 0.133 e. The molecule has 4 aromatic carbocycles. The molecule has 301 valence electrons. The number of aryl methyl sites for hydroxylation is 1. The number of hydrogen-bond donors (Lipinski definition) is 0. The van der Waals surface area contributed by atoms with Crippen LogP contribution in [0.3, 0.4) is 0 Å². The summed E-state index contributed by atoms with van der Waals surface area (Å²) in [4.78, 5) is 9.46. The van der Waals surface area contributed by atoms with Crippen molar-refractivity contribution in [1.29, 1.82) is 0 Å². The Labute approximate surface area is 359 Å². The molecule has 2 aliphatic carbocycles. The van der Waals surface area contributed by atoms with Crippen molar-refractivity contribution in [2.24, 2.45) is 11.8 Å². The van der Waals surface area contributed by atoms with E-state index in [0.717, 1.165) is 44.9 Å². The molecule has 6 heteroatoms. The van der Waals surface area contributed by atoms with Gasteiger partial charge < -0.3 is 14.4 Å². The maximum absolute atomic E-state index is 15.3. The number of fused-ring (bicyclic) bond motifs is 3. The SMILES string of the molecule is CC(C)(c1ccnc(-c2[c-]cc3oc4cc(-c5ccccc5)cc(F)c4c3c2)c1)C1CCCC1.Cc1ccc[c-]c1-c1cc(CC2CCCC2)c([Si](C)(C)C)cn1.[Ir]. The second-order valence-electron chi connectivity index (χ2n) is 18.1. The number of pyridine rings is 2. The zero-order chi connectivity index (χ0) is 39.7. The van der Waals surface area contributed by atoms with Gasteiger partial charge in [0.15, 0.2) is 0 Å². The number of benzene rings is 4. The Hall–Kier alpha value is -4.22. The smallest absolute Gasteiger partial charge is 0.133 e. The minimum Gasteiger partial charge on any atom is -0.500 e. The molecule has 0 spiro atoms. The van der Waals surface area contributed by atoms with Crippen molar-refractivity contribution in [3.63, 3.8) is 0 Å². The summed E-state index contributed by atoms with van der Waals surface area (Å²) in [5.41, 5.74) is 11.1. The summed E-state index contributed by atoms with van der Waals surface area (Å²) < 4.78 is 21.4.